The monoisotopic (exact) mass is 623 g/mol. The van der Waals surface area contributed by atoms with Crippen molar-refractivity contribution in [2.75, 3.05) is 0 Å². The van der Waals surface area contributed by atoms with Gasteiger partial charge in [-0.3, -0.25) is 9.84 Å². The lowest BCUT2D eigenvalue weighted by atomic mass is 9.74. The summed E-state index contributed by atoms with van der Waals surface area (Å²) in [6, 6.07) is 8.89. The molecular formula is C27H34F4NO7PS. The third kappa shape index (κ3) is 5.62. The molecule has 0 radical (unpaired) electrons. The second kappa shape index (κ2) is 10.4. The quantitative estimate of drug-likeness (QED) is 0.185. The van der Waals surface area contributed by atoms with Gasteiger partial charge >= 0.3 is 14.0 Å². The van der Waals surface area contributed by atoms with E-state index in [4.69, 9.17) is 4.52 Å². The number of aliphatic hydroxyl groups excluding tert-OH is 1. The maximum Gasteiger partial charge on any atom is 0.470 e. The number of aryl methyl sites for hydroxylation is 2. The average molecular weight is 624 g/mol. The van der Waals surface area contributed by atoms with E-state index in [9.17, 15) is 45.4 Å². The normalized spacial score (nSPS) is 25.7. The van der Waals surface area contributed by atoms with Crippen molar-refractivity contribution >= 4 is 17.7 Å². The highest BCUT2D eigenvalue weighted by atomic mass is 32.2. The Labute approximate surface area is 236 Å². The highest BCUT2D eigenvalue weighted by Crippen LogP contribution is 2.58. The first-order valence-electron chi connectivity index (χ1n) is 13.0. The number of nitrogens with one attached hydrogen (secondary N) is 1. The summed E-state index contributed by atoms with van der Waals surface area (Å²) in [7, 11) is -9.17. The molecule has 2 aromatic carbocycles. The highest BCUT2D eigenvalue weighted by molar-refractivity contribution is 7.92. The number of phosphoric ester groups is 1. The van der Waals surface area contributed by atoms with E-state index in [1.165, 1.54) is 32.0 Å². The molecule has 41 heavy (non-hydrogen) atoms. The van der Waals surface area contributed by atoms with Crippen molar-refractivity contribution in [1.82, 2.24) is 5.32 Å². The highest BCUT2D eigenvalue weighted by Gasteiger charge is 2.61. The number of halogens is 4. The molecule has 14 heteroatoms. The predicted molar refractivity (Wildman–Crippen MR) is 142 cm³/mol. The fraction of sp³-hybridized carbons (Fsp3) is 0.556. The van der Waals surface area contributed by atoms with Crippen LogP contribution in [0.15, 0.2) is 47.4 Å². The van der Waals surface area contributed by atoms with E-state index in [1.54, 1.807) is 19.1 Å². The van der Waals surface area contributed by atoms with Crippen LogP contribution in [-0.2, 0) is 35.8 Å². The summed E-state index contributed by atoms with van der Waals surface area (Å²) in [5.74, 6) is -0.688. The van der Waals surface area contributed by atoms with Crippen LogP contribution in [0.3, 0.4) is 0 Å². The first-order valence-corrected chi connectivity index (χ1v) is 16.1. The largest absolute Gasteiger partial charge is 0.470 e. The maximum absolute atomic E-state index is 14.9. The Morgan fingerprint density at radius 3 is 2.22 bits per heavy atom. The summed E-state index contributed by atoms with van der Waals surface area (Å²) in [4.78, 5) is 18.5. The molecule has 0 aliphatic heterocycles. The Morgan fingerprint density at radius 1 is 1.05 bits per heavy atom. The molecule has 0 spiro atoms. The molecule has 4 rings (SSSR count). The molecule has 2 unspecified atom stereocenters. The molecule has 0 heterocycles. The minimum Gasteiger partial charge on any atom is -0.376 e. The van der Waals surface area contributed by atoms with Crippen molar-refractivity contribution < 1.29 is 50.0 Å². The lowest BCUT2D eigenvalue weighted by Crippen LogP contribution is -2.55. The SMILES string of the molecule is Cc1ccc(S(=O)(=O)[C@@]23CC[C@@H](NC(O)C(C)(C)OP(=O)(O)O)[C@@H]2CCc2cc(C(C)(F)C(F)(F)F)ccc23)cc1. The standard InChI is InChI=1S/C27H34F4NO7PS/c1-16-5-9-19(10-6-16)41(37,38)26-14-13-22(32-23(33)24(2,3)39-40(34,35)36)21(26)11-7-17-15-18(8-12-20(17)26)25(4,28)27(29,30)31/h5-6,8-10,12,15,21-23,32-33H,7,11,13-14H2,1-4H3,(H2,34,35,36)/t21-,22+,23?,25?,26+/m0/s1. The average Bonchev–Trinajstić information content (AvgIpc) is 3.22. The Kier molecular flexibility index (Phi) is 8.13. The number of rotatable bonds is 8. The molecule has 2 aliphatic rings. The van der Waals surface area contributed by atoms with Gasteiger partial charge in [0, 0.05) is 6.04 Å². The molecule has 228 valence electrons. The second-order valence-electron chi connectivity index (χ2n) is 11.6. The van der Waals surface area contributed by atoms with Crippen LogP contribution in [0.1, 0.15) is 62.3 Å². The van der Waals surface area contributed by atoms with Crippen LogP contribution in [0.2, 0.25) is 0 Å². The summed E-state index contributed by atoms with van der Waals surface area (Å²) in [5.41, 5.74) is -4.62. The molecule has 1 saturated carbocycles. The summed E-state index contributed by atoms with van der Waals surface area (Å²) in [6.07, 6.45) is -6.20. The molecule has 2 aromatic rings. The third-order valence-electron chi connectivity index (χ3n) is 8.47. The molecule has 0 bridgehead atoms. The van der Waals surface area contributed by atoms with Crippen LogP contribution in [0.4, 0.5) is 17.6 Å². The van der Waals surface area contributed by atoms with Crippen LogP contribution >= 0.6 is 7.82 Å². The Balaban J connectivity index is 1.82. The van der Waals surface area contributed by atoms with Crippen molar-refractivity contribution in [1.29, 1.82) is 0 Å². The first-order chi connectivity index (χ1) is 18.6. The molecule has 8 nitrogen and oxygen atoms in total. The van der Waals surface area contributed by atoms with E-state index >= 15 is 0 Å². The Hall–Kier alpha value is -1.86. The van der Waals surface area contributed by atoms with Crippen LogP contribution in [-0.4, -0.2) is 47.4 Å². The number of hydrogen-bond donors (Lipinski definition) is 4. The fourth-order valence-corrected chi connectivity index (χ4v) is 9.38. The van der Waals surface area contributed by atoms with Gasteiger partial charge in [0.2, 0.25) is 5.67 Å². The summed E-state index contributed by atoms with van der Waals surface area (Å²) >= 11 is 0. The van der Waals surface area contributed by atoms with E-state index in [0.29, 0.717) is 12.5 Å². The number of aliphatic hydroxyl groups is 1. The van der Waals surface area contributed by atoms with Gasteiger partial charge in [0.1, 0.15) is 16.6 Å². The summed E-state index contributed by atoms with van der Waals surface area (Å²) < 4.78 is 98.8. The van der Waals surface area contributed by atoms with Gasteiger partial charge in [0.05, 0.1) is 4.90 Å². The predicted octanol–water partition coefficient (Wildman–Crippen LogP) is 4.93. The number of sulfone groups is 1. The third-order valence-corrected chi connectivity index (χ3v) is 11.8. The Bertz CT molecular complexity index is 1460. The molecule has 0 amide bonds. The summed E-state index contributed by atoms with van der Waals surface area (Å²) in [5, 5.41) is 13.7. The molecule has 1 fully saturated rings. The van der Waals surface area contributed by atoms with Crippen molar-refractivity contribution in [3.63, 3.8) is 0 Å². The van der Waals surface area contributed by atoms with Gasteiger partial charge in [-0.15, -0.1) is 0 Å². The van der Waals surface area contributed by atoms with Gasteiger partial charge in [-0.25, -0.2) is 17.4 Å². The van der Waals surface area contributed by atoms with Crippen molar-refractivity contribution in [3.05, 3.63) is 64.7 Å². The fourth-order valence-electron chi connectivity index (χ4n) is 6.20. The van der Waals surface area contributed by atoms with Crippen LogP contribution in [0.5, 0.6) is 0 Å². The zero-order chi connectivity index (χ0) is 30.8. The molecule has 4 N–H and O–H groups in total. The molecular weight excluding hydrogens is 589 g/mol. The van der Waals surface area contributed by atoms with Crippen LogP contribution < -0.4 is 5.32 Å². The van der Waals surface area contributed by atoms with Gasteiger partial charge < -0.3 is 14.9 Å². The second-order valence-corrected chi connectivity index (χ2v) is 15.0. The van der Waals surface area contributed by atoms with Gasteiger partial charge in [0.25, 0.3) is 0 Å². The number of phosphoric acid groups is 1. The number of hydrogen-bond acceptors (Lipinski definition) is 6. The van der Waals surface area contributed by atoms with E-state index in [2.05, 4.69) is 5.32 Å². The molecule has 0 aromatic heterocycles. The first kappa shape index (κ1) is 32.1. The van der Waals surface area contributed by atoms with E-state index in [1.807, 2.05) is 0 Å². The van der Waals surface area contributed by atoms with Crippen LogP contribution in [0.25, 0.3) is 0 Å². The lowest BCUT2D eigenvalue weighted by molar-refractivity contribution is -0.228. The van der Waals surface area contributed by atoms with E-state index in [0.717, 1.165) is 17.7 Å². The molecule has 5 atom stereocenters. The van der Waals surface area contributed by atoms with E-state index < -0.39 is 63.6 Å². The maximum atomic E-state index is 14.9. The van der Waals surface area contributed by atoms with Crippen molar-refractivity contribution in [2.24, 2.45) is 5.92 Å². The topological polar surface area (TPSA) is 133 Å². The smallest absolute Gasteiger partial charge is 0.376 e. The number of fused-ring (bicyclic) bond motifs is 3. The van der Waals surface area contributed by atoms with E-state index in [-0.39, 0.29) is 36.1 Å². The number of alkyl halides is 4. The lowest BCUT2D eigenvalue weighted by Gasteiger charge is -2.43. The van der Waals surface area contributed by atoms with Gasteiger partial charge in [-0.1, -0.05) is 35.9 Å². The Morgan fingerprint density at radius 2 is 1.66 bits per heavy atom. The zero-order valence-electron chi connectivity index (χ0n) is 22.9. The van der Waals surface area contributed by atoms with Crippen molar-refractivity contribution in [2.45, 2.75) is 92.7 Å². The van der Waals surface area contributed by atoms with Gasteiger partial charge in [0.15, 0.2) is 9.84 Å². The summed E-state index contributed by atoms with van der Waals surface area (Å²) in [6.45, 7) is 4.75. The van der Waals surface area contributed by atoms with Gasteiger partial charge in [-0.2, -0.15) is 13.2 Å². The molecule has 0 saturated heterocycles. The molecule has 2 aliphatic carbocycles. The minimum absolute atomic E-state index is 0.0157. The number of benzene rings is 2. The minimum atomic E-state index is -5.18. The zero-order valence-corrected chi connectivity index (χ0v) is 24.7. The van der Waals surface area contributed by atoms with Crippen LogP contribution in [0, 0.1) is 12.8 Å². The van der Waals surface area contributed by atoms with Gasteiger partial charge in [-0.05, 0) is 88.1 Å². The van der Waals surface area contributed by atoms with Crippen molar-refractivity contribution in [3.8, 4) is 0 Å².